The highest BCUT2D eigenvalue weighted by Crippen LogP contribution is 2.30. The van der Waals surface area contributed by atoms with E-state index in [2.05, 4.69) is 22.0 Å². The summed E-state index contributed by atoms with van der Waals surface area (Å²) in [7, 11) is -0.0146. The minimum Gasteiger partial charge on any atom is -0.359 e. The van der Waals surface area contributed by atoms with E-state index >= 15 is 0 Å². The summed E-state index contributed by atoms with van der Waals surface area (Å²) in [5, 5.41) is 2.63. The van der Waals surface area contributed by atoms with Gasteiger partial charge in [0, 0.05) is 25.9 Å². The molecule has 6 nitrogen and oxygen atoms in total. The van der Waals surface area contributed by atoms with Crippen molar-refractivity contribution in [2.75, 3.05) is 20.4 Å². The summed E-state index contributed by atoms with van der Waals surface area (Å²) in [5.74, 6) is -0.563. The molecule has 0 heterocycles. The van der Waals surface area contributed by atoms with Gasteiger partial charge in [0.1, 0.15) is 0 Å². The molecule has 0 aliphatic rings. The zero-order valence-corrected chi connectivity index (χ0v) is 16.7. The molecule has 142 valence electrons. The summed E-state index contributed by atoms with van der Waals surface area (Å²) in [5.41, 5.74) is 3.68. The summed E-state index contributed by atoms with van der Waals surface area (Å²) >= 11 is 0. The molecule has 0 saturated heterocycles. The van der Waals surface area contributed by atoms with E-state index in [1.54, 1.807) is 45.3 Å². The molecule has 0 aliphatic heterocycles. The first-order chi connectivity index (χ1) is 12.7. The van der Waals surface area contributed by atoms with Crippen molar-refractivity contribution in [3.63, 3.8) is 0 Å². The number of carbonyl (C=O) groups is 1. The number of sulfone groups is 1. The van der Waals surface area contributed by atoms with Crippen molar-refractivity contribution in [3.8, 4) is 11.1 Å². The van der Waals surface area contributed by atoms with Gasteiger partial charge in [-0.2, -0.15) is 0 Å². The highest BCUT2D eigenvalue weighted by Gasteiger charge is 2.21. The van der Waals surface area contributed by atoms with E-state index in [0.29, 0.717) is 11.4 Å². The number of rotatable bonds is 6. The Labute approximate surface area is 160 Å². The molecule has 0 radical (unpaired) electrons. The first-order valence-corrected chi connectivity index (χ1v) is 10.2. The predicted octanol–water partition coefficient (Wildman–Crippen LogP) is 2.89. The van der Waals surface area contributed by atoms with Crippen LogP contribution >= 0.6 is 0 Å². The van der Waals surface area contributed by atoms with Gasteiger partial charge in [-0.1, -0.05) is 24.3 Å². The Morgan fingerprint density at radius 1 is 1.11 bits per heavy atom. The Balaban J connectivity index is 2.47. The third-order valence-electron chi connectivity index (χ3n) is 4.35. The molecular weight excluding hydrogens is 362 g/mol. The van der Waals surface area contributed by atoms with E-state index in [9.17, 15) is 13.2 Å². The van der Waals surface area contributed by atoms with Crippen molar-refractivity contribution in [1.82, 2.24) is 5.32 Å². The van der Waals surface area contributed by atoms with Gasteiger partial charge in [0.15, 0.2) is 9.84 Å². The fourth-order valence-electron chi connectivity index (χ4n) is 2.84. The second-order valence-corrected chi connectivity index (χ2v) is 8.15. The molecule has 0 aliphatic carbocycles. The number of nitrogens with zero attached hydrogens (tertiary/aromatic N) is 2. The number of hydrogen-bond donors (Lipinski definition) is 1. The smallest absolute Gasteiger partial charge is 0.228 e. The van der Waals surface area contributed by atoms with Gasteiger partial charge in [-0.25, -0.2) is 8.42 Å². The van der Waals surface area contributed by atoms with E-state index in [4.69, 9.17) is 0 Å². The monoisotopic (exact) mass is 385 g/mol. The van der Waals surface area contributed by atoms with Crippen LogP contribution in [0.15, 0.2) is 57.3 Å². The molecule has 2 aromatic rings. The van der Waals surface area contributed by atoms with Crippen molar-refractivity contribution in [2.45, 2.75) is 11.8 Å². The summed E-state index contributed by atoms with van der Waals surface area (Å²) < 4.78 is 23.2. The second kappa shape index (κ2) is 8.26. The minimum atomic E-state index is -3.24. The van der Waals surface area contributed by atoms with Gasteiger partial charge >= 0.3 is 0 Å². The lowest BCUT2D eigenvalue weighted by molar-refractivity contribution is -0.122. The maximum absolute atomic E-state index is 12.0. The van der Waals surface area contributed by atoms with Gasteiger partial charge in [-0.3, -0.25) is 14.8 Å². The topological polar surface area (TPSA) is 88.0 Å². The van der Waals surface area contributed by atoms with Crippen molar-refractivity contribution < 1.29 is 13.2 Å². The lowest BCUT2D eigenvalue weighted by Crippen LogP contribution is -2.31. The fourth-order valence-corrected chi connectivity index (χ4v) is 3.47. The third kappa shape index (κ3) is 4.49. The molecule has 0 saturated carbocycles. The van der Waals surface area contributed by atoms with Crippen LogP contribution in [0.5, 0.6) is 0 Å². The zero-order valence-electron chi connectivity index (χ0n) is 15.9. The molecule has 1 atom stereocenters. The quantitative estimate of drug-likeness (QED) is 0.776. The van der Waals surface area contributed by atoms with E-state index in [1.807, 2.05) is 18.2 Å². The van der Waals surface area contributed by atoms with Crippen molar-refractivity contribution >= 4 is 33.9 Å². The lowest BCUT2D eigenvalue weighted by atomic mass is 9.93. The maximum atomic E-state index is 12.0. The second-order valence-electron chi connectivity index (χ2n) is 6.13. The van der Waals surface area contributed by atoms with Gasteiger partial charge in [0.25, 0.3) is 0 Å². The van der Waals surface area contributed by atoms with Crippen LogP contribution in [-0.4, -0.2) is 47.1 Å². The van der Waals surface area contributed by atoms with E-state index in [1.165, 1.54) is 6.26 Å². The number of benzene rings is 2. The summed E-state index contributed by atoms with van der Waals surface area (Å²) in [6.45, 7) is 5.41. The number of carbonyl (C=O) groups excluding carboxylic acids is 1. The van der Waals surface area contributed by atoms with Gasteiger partial charge in [-0.05, 0) is 43.0 Å². The van der Waals surface area contributed by atoms with Crippen LogP contribution in [0.3, 0.4) is 0 Å². The van der Waals surface area contributed by atoms with E-state index < -0.39 is 15.8 Å². The Morgan fingerprint density at radius 2 is 1.70 bits per heavy atom. The zero-order chi connectivity index (χ0) is 20.2. The van der Waals surface area contributed by atoms with E-state index in [-0.39, 0.29) is 10.8 Å². The van der Waals surface area contributed by atoms with Crippen LogP contribution in [0, 0.1) is 5.92 Å². The van der Waals surface area contributed by atoms with Crippen molar-refractivity contribution in [2.24, 2.45) is 15.9 Å². The first-order valence-electron chi connectivity index (χ1n) is 8.32. The van der Waals surface area contributed by atoms with Crippen LogP contribution < -0.4 is 5.32 Å². The maximum Gasteiger partial charge on any atom is 0.228 e. The van der Waals surface area contributed by atoms with Crippen LogP contribution in [0.1, 0.15) is 12.5 Å². The minimum absolute atomic E-state index is 0.133. The Hall–Kier alpha value is -2.80. The standard InChI is InChI=1S/C20H23N3O3S/c1-13(20(24)23-4)19(22-3)17-11-8-15(12-18(17)21-2)14-6-9-16(10-7-14)27(5,25)26/h6-13H,2H2,1,3-5H3,(H,23,24). The number of aliphatic imine (C=N–C) groups is 2. The van der Waals surface area contributed by atoms with Crippen molar-refractivity contribution in [3.05, 3.63) is 48.0 Å². The first kappa shape index (κ1) is 20.5. The normalized spacial score (nSPS) is 13.1. The van der Waals surface area contributed by atoms with Crippen LogP contribution in [0.25, 0.3) is 11.1 Å². The third-order valence-corrected chi connectivity index (χ3v) is 5.48. The van der Waals surface area contributed by atoms with Gasteiger partial charge in [0.2, 0.25) is 5.91 Å². The molecule has 0 aromatic heterocycles. The van der Waals surface area contributed by atoms with Crippen LogP contribution in [0.2, 0.25) is 0 Å². The molecule has 7 heteroatoms. The SMILES string of the molecule is C=Nc1cc(-c2ccc(S(C)(=O)=O)cc2)ccc1C(=NC)C(C)C(=O)NC. The molecule has 2 rings (SSSR count). The Bertz CT molecular complexity index is 994. The van der Waals surface area contributed by atoms with Gasteiger partial charge in [-0.15, -0.1) is 0 Å². The summed E-state index contributed by atoms with van der Waals surface area (Å²) in [6.07, 6.45) is 1.18. The average molecular weight is 385 g/mol. The van der Waals surface area contributed by atoms with Crippen LogP contribution in [-0.2, 0) is 14.6 Å². The number of hydrogen-bond acceptors (Lipinski definition) is 5. The molecule has 1 unspecified atom stereocenters. The van der Waals surface area contributed by atoms with Gasteiger partial charge < -0.3 is 5.32 Å². The largest absolute Gasteiger partial charge is 0.359 e. The fraction of sp³-hybridized carbons (Fsp3) is 0.250. The molecule has 0 bridgehead atoms. The number of amides is 1. The molecular formula is C20H23N3O3S. The molecule has 0 spiro atoms. The van der Waals surface area contributed by atoms with E-state index in [0.717, 1.165) is 16.7 Å². The number of nitrogens with one attached hydrogen (secondary N) is 1. The van der Waals surface area contributed by atoms with Crippen molar-refractivity contribution in [1.29, 1.82) is 0 Å². The lowest BCUT2D eigenvalue weighted by Gasteiger charge is -2.16. The molecule has 2 aromatic carbocycles. The molecule has 0 fully saturated rings. The molecule has 1 N–H and O–H groups in total. The molecule has 1 amide bonds. The Morgan fingerprint density at radius 3 is 2.19 bits per heavy atom. The summed E-state index contributed by atoms with van der Waals surface area (Å²) in [6, 6.07) is 12.2. The van der Waals surface area contributed by atoms with Crippen LogP contribution in [0.4, 0.5) is 5.69 Å². The Kier molecular flexibility index (Phi) is 6.28. The highest BCUT2D eigenvalue weighted by molar-refractivity contribution is 7.90. The molecule has 27 heavy (non-hydrogen) atoms. The van der Waals surface area contributed by atoms with Gasteiger partial charge in [0.05, 0.1) is 22.2 Å². The average Bonchev–Trinajstić information content (AvgIpc) is 2.67. The summed E-state index contributed by atoms with van der Waals surface area (Å²) in [4.78, 5) is 20.6. The predicted molar refractivity (Wildman–Crippen MR) is 110 cm³/mol. The highest BCUT2D eigenvalue weighted by atomic mass is 32.2.